The number of fused-ring (bicyclic) bond motifs is 1. The SMILES string of the molecule is CCc1ccc(CC(=O)N=c2sc3cc(S(C)(=O)=O)ccc3n2CCSC)cc1. The maximum atomic E-state index is 12.6. The van der Waals surface area contributed by atoms with E-state index in [0.29, 0.717) is 11.3 Å². The first kappa shape index (κ1) is 21.8. The number of benzene rings is 2. The summed E-state index contributed by atoms with van der Waals surface area (Å²) in [5.41, 5.74) is 3.07. The molecule has 0 spiro atoms. The fourth-order valence-corrected chi connectivity index (χ4v) is 5.18. The van der Waals surface area contributed by atoms with Crippen LogP contribution in [-0.2, 0) is 34.0 Å². The third kappa shape index (κ3) is 5.38. The van der Waals surface area contributed by atoms with Gasteiger partial charge in [0.15, 0.2) is 14.6 Å². The minimum atomic E-state index is -3.29. The molecule has 0 aliphatic heterocycles. The smallest absolute Gasteiger partial charge is 0.252 e. The van der Waals surface area contributed by atoms with Crippen molar-refractivity contribution in [3.63, 3.8) is 0 Å². The third-order valence-electron chi connectivity index (χ3n) is 4.61. The summed E-state index contributed by atoms with van der Waals surface area (Å²) in [5.74, 6) is 0.668. The van der Waals surface area contributed by atoms with Crippen molar-refractivity contribution in [2.75, 3.05) is 18.3 Å². The van der Waals surface area contributed by atoms with Gasteiger partial charge in [-0.1, -0.05) is 42.5 Å². The largest absolute Gasteiger partial charge is 0.316 e. The highest BCUT2D eigenvalue weighted by atomic mass is 32.2. The molecule has 0 bridgehead atoms. The molecule has 1 aromatic heterocycles. The maximum Gasteiger partial charge on any atom is 0.252 e. The number of aryl methyl sites for hydroxylation is 2. The molecule has 5 nitrogen and oxygen atoms in total. The number of aromatic nitrogens is 1. The van der Waals surface area contributed by atoms with Gasteiger partial charge >= 0.3 is 0 Å². The zero-order valence-electron chi connectivity index (χ0n) is 16.7. The van der Waals surface area contributed by atoms with Crippen LogP contribution in [0.4, 0.5) is 0 Å². The van der Waals surface area contributed by atoms with Crippen LogP contribution >= 0.6 is 23.1 Å². The molecule has 0 N–H and O–H groups in total. The van der Waals surface area contributed by atoms with Crippen LogP contribution in [0.25, 0.3) is 10.2 Å². The van der Waals surface area contributed by atoms with Gasteiger partial charge in [0, 0.05) is 18.6 Å². The van der Waals surface area contributed by atoms with E-state index in [-0.39, 0.29) is 17.2 Å². The average Bonchev–Trinajstić information content (AvgIpc) is 3.02. The van der Waals surface area contributed by atoms with Crippen molar-refractivity contribution in [1.29, 1.82) is 0 Å². The molecule has 8 heteroatoms. The summed E-state index contributed by atoms with van der Waals surface area (Å²) in [6, 6.07) is 13.1. The Hall–Kier alpha value is -1.90. The number of sulfone groups is 1. The first-order chi connectivity index (χ1) is 13.8. The van der Waals surface area contributed by atoms with Gasteiger partial charge in [-0.3, -0.25) is 4.79 Å². The van der Waals surface area contributed by atoms with Gasteiger partial charge in [0.2, 0.25) is 0 Å². The third-order valence-corrected chi connectivity index (χ3v) is 7.35. The minimum Gasteiger partial charge on any atom is -0.316 e. The van der Waals surface area contributed by atoms with E-state index in [2.05, 4.69) is 11.9 Å². The van der Waals surface area contributed by atoms with E-state index >= 15 is 0 Å². The number of nitrogens with zero attached hydrogens (tertiary/aromatic N) is 2. The van der Waals surface area contributed by atoms with Crippen molar-refractivity contribution in [1.82, 2.24) is 4.57 Å². The van der Waals surface area contributed by atoms with Crippen LogP contribution in [0, 0.1) is 0 Å². The fraction of sp³-hybridized carbons (Fsp3) is 0.333. The van der Waals surface area contributed by atoms with Gasteiger partial charge in [-0.05, 0) is 42.0 Å². The van der Waals surface area contributed by atoms with Crippen LogP contribution in [0.2, 0.25) is 0 Å². The van der Waals surface area contributed by atoms with Crippen molar-refractivity contribution in [3.8, 4) is 0 Å². The number of rotatable bonds is 7. The second-order valence-corrected chi connectivity index (χ2v) is 10.8. The van der Waals surface area contributed by atoms with Crippen LogP contribution in [0.3, 0.4) is 0 Å². The van der Waals surface area contributed by atoms with Crippen molar-refractivity contribution >= 4 is 49.1 Å². The van der Waals surface area contributed by atoms with Crippen molar-refractivity contribution in [2.45, 2.75) is 31.2 Å². The Kier molecular flexibility index (Phi) is 6.97. The van der Waals surface area contributed by atoms with E-state index < -0.39 is 9.84 Å². The monoisotopic (exact) mass is 448 g/mol. The molecule has 1 amide bonds. The molecule has 0 aliphatic rings. The number of amides is 1. The number of thioether (sulfide) groups is 1. The first-order valence-electron chi connectivity index (χ1n) is 9.29. The zero-order chi connectivity index (χ0) is 21.0. The molecular weight excluding hydrogens is 424 g/mol. The summed E-state index contributed by atoms with van der Waals surface area (Å²) in [4.78, 5) is 17.8. The van der Waals surface area contributed by atoms with E-state index in [1.807, 2.05) is 35.1 Å². The second kappa shape index (κ2) is 9.28. The quantitative estimate of drug-likeness (QED) is 0.553. The molecule has 0 fully saturated rings. The predicted octanol–water partition coefficient (Wildman–Crippen LogP) is 3.70. The number of carbonyl (C=O) groups excluding carboxylic acids is 1. The highest BCUT2D eigenvalue weighted by Gasteiger charge is 2.13. The van der Waals surface area contributed by atoms with Crippen molar-refractivity contribution in [2.24, 2.45) is 4.99 Å². The molecule has 0 atom stereocenters. The van der Waals surface area contributed by atoms with Gasteiger partial charge in [-0.15, -0.1) is 0 Å². The summed E-state index contributed by atoms with van der Waals surface area (Å²) >= 11 is 3.06. The van der Waals surface area contributed by atoms with E-state index in [4.69, 9.17) is 0 Å². The van der Waals surface area contributed by atoms with Crippen LogP contribution in [-0.4, -0.2) is 37.2 Å². The Morgan fingerprint density at radius 2 is 1.83 bits per heavy atom. The topological polar surface area (TPSA) is 68.5 Å². The fourth-order valence-electron chi connectivity index (χ4n) is 2.98. The summed E-state index contributed by atoms with van der Waals surface area (Å²) in [6.07, 6.45) is 4.43. The molecule has 29 heavy (non-hydrogen) atoms. The number of carbonyl (C=O) groups is 1. The van der Waals surface area contributed by atoms with Crippen LogP contribution < -0.4 is 4.80 Å². The molecule has 2 aromatic carbocycles. The summed E-state index contributed by atoms with van der Waals surface area (Å²) in [5, 5.41) is 0. The van der Waals surface area contributed by atoms with E-state index in [1.165, 1.54) is 23.2 Å². The zero-order valence-corrected chi connectivity index (χ0v) is 19.2. The number of hydrogen-bond acceptors (Lipinski definition) is 5. The molecule has 0 saturated heterocycles. The van der Waals surface area contributed by atoms with Crippen LogP contribution in [0.15, 0.2) is 52.4 Å². The van der Waals surface area contributed by atoms with Crippen molar-refractivity contribution in [3.05, 3.63) is 58.4 Å². The maximum absolute atomic E-state index is 12.6. The minimum absolute atomic E-state index is 0.206. The van der Waals surface area contributed by atoms with Gasteiger partial charge in [0.25, 0.3) is 5.91 Å². The van der Waals surface area contributed by atoms with Crippen LogP contribution in [0.1, 0.15) is 18.1 Å². The highest BCUT2D eigenvalue weighted by molar-refractivity contribution is 7.98. The Labute approximate surface area is 179 Å². The molecule has 0 radical (unpaired) electrons. The van der Waals surface area contributed by atoms with E-state index in [0.717, 1.165) is 28.0 Å². The normalized spacial score (nSPS) is 12.6. The summed E-state index contributed by atoms with van der Waals surface area (Å²) in [6.45, 7) is 2.80. The number of thiazole rings is 1. The summed E-state index contributed by atoms with van der Waals surface area (Å²) in [7, 11) is -3.29. The lowest BCUT2D eigenvalue weighted by Crippen LogP contribution is -2.18. The van der Waals surface area contributed by atoms with Gasteiger partial charge in [-0.2, -0.15) is 16.8 Å². The van der Waals surface area contributed by atoms with E-state index in [1.54, 1.807) is 30.0 Å². The molecule has 3 rings (SSSR count). The molecular formula is C21H24N2O3S3. The lowest BCUT2D eigenvalue weighted by molar-refractivity contribution is -0.117. The molecule has 1 heterocycles. The standard InChI is InChI=1S/C21H24N2O3S3/c1-4-15-5-7-16(8-6-15)13-20(24)22-21-23(11-12-27-2)18-10-9-17(29(3,25)26)14-19(18)28-21/h5-10,14H,4,11-13H2,1-3H3. The molecule has 0 saturated carbocycles. The van der Waals surface area contributed by atoms with Gasteiger partial charge in [-0.25, -0.2) is 8.42 Å². The molecule has 3 aromatic rings. The van der Waals surface area contributed by atoms with Crippen molar-refractivity contribution < 1.29 is 13.2 Å². The molecule has 154 valence electrons. The Balaban J connectivity index is 1.99. The first-order valence-corrected chi connectivity index (χ1v) is 13.4. The Morgan fingerprint density at radius 1 is 1.14 bits per heavy atom. The lowest BCUT2D eigenvalue weighted by Gasteiger charge is -2.04. The Bertz CT molecular complexity index is 1190. The lowest BCUT2D eigenvalue weighted by atomic mass is 10.1. The summed E-state index contributed by atoms with van der Waals surface area (Å²) < 4.78 is 26.6. The number of hydrogen-bond donors (Lipinski definition) is 0. The second-order valence-electron chi connectivity index (χ2n) is 6.78. The van der Waals surface area contributed by atoms with Gasteiger partial charge in [0.05, 0.1) is 21.5 Å². The predicted molar refractivity (Wildman–Crippen MR) is 121 cm³/mol. The van der Waals surface area contributed by atoms with Crippen LogP contribution in [0.5, 0.6) is 0 Å². The molecule has 0 aliphatic carbocycles. The average molecular weight is 449 g/mol. The van der Waals surface area contributed by atoms with Gasteiger partial charge in [0.1, 0.15) is 0 Å². The van der Waals surface area contributed by atoms with Gasteiger partial charge < -0.3 is 4.57 Å². The highest BCUT2D eigenvalue weighted by Crippen LogP contribution is 2.22. The Morgan fingerprint density at radius 3 is 2.45 bits per heavy atom. The van der Waals surface area contributed by atoms with E-state index in [9.17, 15) is 13.2 Å². The molecule has 0 unspecified atom stereocenters.